The zero-order chi connectivity index (χ0) is 14.4. The predicted molar refractivity (Wildman–Crippen MR) is 81.1 cm³/mol. The van der Waals surface area contributed by atoms with Gasteiger partial charge in [0.25, 0.3) is 0 Å². The number of unbranched alkanes of at least 4 members (excludes halogenated alkanes) is 2. The standard InChI is InChI=1S/C11H22N2O.2C2H6/c1-3-4-5-8-13(2)9-10-11(14)6-7-12-10;2*1-2/h10,12H,3-9H2,1-2H3;2*1-2H3. The molecule has 1 heterocycles. The second-order valence-corrected chi connectivity index (χ2v) is 4.19. The van der Waals surface area contributed by atoms with E-state index in [0.29, 0.717) is 12.2 Å². The molecule has 3 nitrogen and oxygen atoms in total. The van der Waals surface area contributed by atoms with Gasteiger partial charge >= 0.3 is 0 Å². The summed E-state index contributed by atoms with van der Waals surface area (Å²) < 4.78 is 0. The molecular formula is C15H34N2O. The first kappa shape index (κ1) is 19.9. The van der Waals surface area contributed by atoms with Crippen LogP contribution in [0, 0.1) is 0 Å². The Morgan fingerprint density at radius 2 is 1.83 bits per heavy atom. The molecule has 0 spiro atoms. The third-order valence-corrected chi connectivity index (χ3v) is 2.79. The molecule has 1 aliphatic rings. The van der Waals surface area contributed by atoms with Gasteiger partial charge in [0.1, 0.15) is 0 Å². The molecule has 0 saturated carbocycles. The maximum Gasteiger partial charge on any atom is 0.152 e. The number of hydrogen-bond acceptors (Lipinski definition) is 3. The molecule has 0 aliphatic carbocycles. The fourth-order valence-electron chi connectivity index (χ4n) is 1.86. The van der Waals surface area contributed by atoms with Crippen molar-refractivity contribution in [3.8, 4) is 0 Å². The van der Waals surface area contributed by atoms with Crippen molar-refractivity contribution in [3.05, 3.63) is 0 Å². The van der Waals surface area contributed by atoms with Gasteiger partial charge in [0.15, 0.2) is 5.78 Å². The van der Waals surface area contributed by atoms with Crippen molar-refractivity contribution in [1.29, 1.82) is 0 Å². The Kier molecular flexibility index (Phi) is 16.2. The van der Waals surface area contributed by atoms with Gasteiger partial charge in [-0.3, -0.25) is 4.79 Å². The fourth-order valence-corrected chi connectivity index (χ4v) is 1.86. The molecule has 3 heteroatoms. The average Bonchev–Trinajstić information content (AvgIpc) is 2.80. The first-order valence-electron chi connectivity index (χ1n) is 7.68. The van der Waals surface area contributed by atoms with Crippen LogP contribution >= 0.6 is 0 Å². The summed E-state index contributed by atoms with van der Waals surface area (Å²) in [6, 6.07) is 0.0987. The van der Waals surface area contributed by atoms with Gasteiger partial charge in [0, 0.05) is 19.5 Å². The highest BCUT2D eigenvalue weighted by Crippen LogP contribution is 2.03. The number of nitrogens with zero attached hydrogens (tertiary/aromatic N) is 1. The monoisotopic (exact) mass is 258 g/mol. The summed E-state index contributed by atoms with van der Waals surface area (Å²) >= 11 is 0. The van der Waals surface area contributed by atoms with Gasteiger partial charge in [0.05, 0.1) is 6.04 Å². The Balaban J connectivity index is 0. The van der Waals surface area contributed by atoms with Crippen molar-refractivity contribution in [2.24, 2.45) is 0 Å². The minimum absolute atomic E-state index is 0.0987. The van der Waals surface area contributed by atoms with Crippen LogP contribution in [0.15, 0.2) is 0 Å². The van der Waals surface area contributed by atoms with Crippen molar-refractivity contribution in [1.82, 2.24) is 10.2 Å². The second-order valence-electron chi connectivity index (χ2n) is 4.19. The highest BCUT2D eigenvalue weighted by atomic mass is 16.1. The topological polar surface area (TPSA) is 32.3 Å². The van der Waals surface area contributed by atoms with Crippen LogP contribution in [0.2, 0.25) is 0 Å². The molecular weight excluding hydrogens is 224 g/mol. The molecule has 1 aliphatic heterocycles. The number of carbonyl (C=O) groups is 1. The molecule has 0 aromatic carbocycles. The van der Waals surface area contributed by atoms with Gasteiger partial charge in [-0.05, 0) is 20.0 Å². The molecule has 1 saturated heterocycles. The van der Waals surface area contributed by atoms with Crippen LogP contribution in [0.25, 0.3) is 0 Å². The largest absolute Gasteiger partial charge is 0.306 e. The fraction of sp³-hybridized carbons (Fsp3) is 0.933. The van der Waals surface area contributed by atoms with Gasteiger partial charge in [-0.15, -0.1) is 0 Å². The second kappa shape index (κ2) is 14.7. The molecule has 110 valence electrons. The van der Waals surface area contributed by atoms with E-state index < -0.39 is 0 Å². The Morgan fingerprint density at radius 1 is 1.22 bits per heavy atom. The summed E-state index contributed by atoms with van der Waals surface area (Å²) in [5.41, 5.74) is 0. The Morgan fingerprint density at radius 3 is 2.28 bits per heavy atom. The van der Waals surface area contributed by atoms with Crippen molar-refractivity contribution < 1.29 is 4.79 Å². The molecule has 0 bridgehead atoms. The van der Waals surface area contributed by atoms with Crippen LogP contribution in [0.5, 0.6) is 0 Å². The van der Waals surface area contributed by atoms with Gasteiger partial charge in [-0.1, -0.05) is 47.5 Å². The van der Waals surface area contributed by atoms with Gasteiger partial charge < -0.3 is 10.2 Å². The molecule has 0 aromatic heterocycles. The smallest absolute Gasteiger partial charge is 0.152 e. The van der Waals surface area contributed by atoms with Crippen molar-refractivity contribution >= 4 is 5.78 Å². The van der Waals surface area contributed by atoms with Crippen molar-refractivity contribution in [2.75, 3.05) is 26.7 Å². The van der Waals surface area contributed by atoms with E-state index in [9.17, 15) is 4.79 Å². The molecule has 0 aromatic rings. The minimum atomic E-state index is 0.0987. The average molecular weight is 258 g/mol. The lowest BCUT2D eigenvalue weighted by Crippen LogP contribution is -2.39. The number of rotatable bonds is 6. The van der Waals surface area contributed by atoms with E-state index in [1.54, 1.807) is 0 Å². The summed E-state index contributed by atoms with van der Waals surface area (Å²) in [7, 11) is 2.10. The van der Waals surface area contributed by atoms with Crippen LogP contribution in [-0.2, 0) is 4.79 Å². The van der Waals surface area contributed by atoms with E-state index >= 15 is 0 Å². The van der Waals surface area contributed by atoms with Crippen LogP contribution in [0.1, 0.15) is 60.3 Å². The van der Waals surface area contributed by atoms with Crippen LogP contribution in [-0.4, -0.2) is 43.4 Å². The molecule has 1 rings (SSSR count). The SMILES string of the molecule is CC.CC.CCCCCN(C)CC1NCCC1=O. The lowest BCUT2D eigenvalue weighted by Gasteiger charge is -2.19. The molecule has 18 heavy (non-hydrogen) atoms. The number of carbonyl (C=O) groups excluding carboxylic acids is 1. The number of hydrogen-bond donors (Lipinski definition) is 1. The summed E-state index contributed by atoms with van der Waals surface area (Å²) in [6.07, 6.45) is 4.51. The first-order chi connectivity index (χ1) is 8.74. The van der Waals surface area contributed by atoms with E-state index in [4.69, 9.17) is 0 Å². The highest BCUT2D eigenvalue weighted by molar-refractivity contribution is 5.86. The molecule has 0 radical (unpaired) electrons. The molecule has 1 fully saturated rings. The van der Waals surface area contributed by atoms with Gasteiger partial charge in [0.2, 0.25) is 0 Å². The lowest BCUT2D eigenvalue weighted by atomic mass is 10.2. The van der Waals surface area contributed by atoms with Gasteiger partial charge in [-0.25, -0.2) is 0 Å². The maximum absolute atomic E-state index is 11.4. The van der Waals surface area contributed by atoms with E-state index in [-0.39, 0.29) is 6.04 Å². The Labute approximate surface area is 114 Å². The summed E-state index contributed by atoms with van der Waals surface area (Å²) in [4.78, 5) is 13.6. The van der Waals surface area contributed by atoms with Crippen LogP contribution in [0.4, 0.5) is 0 Å². The van der Waals surface area contributed by atoms with Gasteiger partial charge in [-0.2, -0.15) is 0 Å². The third-order valence-electron chi connectivity index (χ3n) is 2.79. The van der Waals surface area contributed by atoms with E-state index in [1.807, 2.05) is 27.7 Å². The summed E-state index contributed by atoms with van der Waals surface area (Å²) in [5.74, 6) is 0.382. The number of Topliss-reactive ketones (excluding diaryl/α,β-unsaturated/α-hetero) is 1. The number of likely N-dealkylation sites (N-methyl/N-ethyl adjacent to an activating group) is 1. The van der Waals surface area contributed by atoms with Crippen molar-refractivity contribution in [3.63, 3.8) is 0 Å². The Bertz CT molecular complexity index is 183. The highest BCUT2D eigenvalue weighted by Gasteiger charge is 2.24. The van der Waals surface area contributed by atoms with E-state index in [2.05, 4.69) is 24.2 Å². The normalized spacial score (nSPS) is 17.9. The predicted octanol–water partition coefficient (Wildman–Crippen LogP) is 3.09. The number of ketones is 1. The molecule has 1 atom stereocenters. The molecule has 0 amide bonds. The lowest BCUT2D eigenvalue weighted by molar-refractivity contribution is -0.119. The minimum Gasteiger partial charge on any atom is -0.306 e. The van der Waals surface area contributed by atoms with Crippen LogP contribution in [0.3, 0.4) is 0 Å². The third kappa shape index (κ3) is 9.60. The molecule has 1 N–H and O–H groups in total. The Hall–Kier alpha value is -0.410. The van der Waals surface area contributed by atoms with Crippen molar-refractivity contribution in [2.45, 2.75) is 66.3 Å². The number of nitrogens with one attached hydrogen (secondary N) is 1. The zero-order valence-electron chi connectivity index (χ0n) is 13.4. The van der Waals surface area contributed by atoms with E-state index in [1.165, 1.54) is 19.3 Å². The van der Waals surface area contributed by atoms with E-state index in [0.717, 1.165) is 19.6 Å². The quantitative estimate of drug-likeness (QED) is 0.743. The molecule has 1 unspecified atom stereocenters. The van der Waals surface area contributed by atoms with Crippen LogP contribution < -0.4 is 5.32 Å². The first-order valence-corrected chi connectivity index (χ1v) is 7.68. The zero-order valence-corrected chi connectivity index (χ0v) is 13.4. The maximum atomic E-state index is 11.4. The summed E-state index contributed by atoms with van der Waals surface area (Å²) in [5, 5.41) is 3.24. The summed E-state index contributed by atoms with van der Waals surface area (Å²) in [6.45, 7) is 13.1.